The summed E-state index contributed by atoms with van der Waals surface area (Å²) in [6, 6.07) is 4.45. The predicted molar refractivity (Wildman–Crippen MR) is 51.0 cm³/mol. The smallest absolute Gasteiger partial charge is 0.375 e. The van der Waals surface area contributed by atoms with Crippen LogP contribution in [0.25, 0.3) is 0 Å². The van der Waals surface area contributed by atoms with E-state index in [9.17, 15) is 13.2 Å². The summed E-state index contributed by atoms with van der Waals surface area (Å²) in [6.45, 7) is -1.13. The van der Waals surface area contributed by atoms with E-state index in [1.165, 1.54) is 18.2 Å². The molecule has 0 saturated heterocycles. The number of hydrogen-bond donors (Lipinski definition) is 1. The molecule has 0 fully saturated rings. The van der Waals surface area contributed by atoms with Crippen molar-refractivity contribution < 1.29 is 13.2 Å². The van der Waals surface area contributed by atoms with Crippen LogP contribution in [0.4, 0.5) is 18.9 Å². The molecular weight excluding hydrogens is 238 g/mol. The van der Waals surface area contributed by atoms with Crippen molar-refractivity contribution in [2.45, 2.75) is 6.18 Å². The summed E-state index contributed by atoms with van der Waals surface area (Å²) >= 11 is 11.3. The summed E-state index contributed by atoms with van der Waals surface area (Å²) in [4.78, 5) is 0. The Morgan fingerprint density at radius 3 is 2.43 bits per heavy atom. The van der Waals surface area contributed by atoms with E-state index >= 15 is 0 Å². The van der Waals surface area contributed by atoms with E-state index in [2.05, 4.69) is 5.32 Å². The summed E-state index contributed by atoms with van der Waals surface area (Å²) in [5.74, 6) is 0. The Hall–Kier alpha value is -0.610. The van der Waals surface area contributed by atoms with E-state index in [-0.39, 0.29) is 15.7 Å². The van der Waals surface area contributed by atoms with E-state index in [1.54, 1.807) is 0 Å². The lowest BCUT2D eigenvalue weighted by molar-refractivity contribution is -0.115. The van der Waals surface area contributed by atoms with Gasteiger partial charge in [0.25, 0.3) is 0 Å². The van der Waals surface area contributed by atoms with Gasteiger partial charge in [-0.25, -0.2) is 0 Å². The van der Waals surface area contributed by atoms with Crippen LogP contribution >= 0.6 is 23.2 Å². The van der Waals surface area contributed by atoms with Crippen molar-refractivity contribution in [1.82, 2.24) is 0 Å². The van der Waals surface area contributed by atoms with Crippen LogP contribution in [-0.2, 0) is 0 Å². The average molecular weight is 244 g/mol. The van der Waals surface area contributed by atoms with Crippen molar-refractivity contribution in [3.8, 4) is 0 Å². The van der Waals surface area contributed by atoms with Crippen molar-refractivity contribution in [3.05, 3.63) is 28.2 Å². The highest BCUT2D eigenvalue weighted by molar-refractivity contribution is 6.43. The molecule has 0 unspecified atom stereocenters. The molecule has 1 rings (SSSR count). The van der Waals surface area contributed by atoms with Gasteiger partial charge >= 0.3 is 6.18 Å². The molecule has 0 radical (unpaired) electrons. The zero-order chi connectivity index (χ0) is 10.8. The maximum absolute atomic E-state index is 11.8. The van der Waals surface area contributed by atoms with Gasteiger partial charge in [0.1, 0.15) is 6.54 Å². The van der Waals surface area contributed by atoms with Crippen LogP contribution in [0, 0.1) is 0 Å². The van der Waals surface area contributed by atoms with Gasteiger partial charge in [-0.1, -0.05) is 29.3 Å². The van der Waals surface area contributed by atoms with Gasteiger partial charge in [0, 0.05) is 0 Å². The predicted octanol–water partition coefficient (Wildman–Crippen LogP) is 3.97. The lowest BCUT2D eigenvalue weighted by atomic mass is 10.3. The third-order valence-electron chi connectivity index (χ3n) is 1.43. The Kier molecular flexibility index (Phi) is 3.50. The SMILES string of the molecule is FC(F)(F)CNc1cccc(Cl)c1Cl. The molecule has 0 spiro atoms. The second kappa shape index (κ2) is 4.28. The fourth-order valence-electron chi connectivity index (χ4n) is 0.836. The molecular formula is C8H6Cl2F3N. The molecule has 1 N–H and O–H groups in total. The van der Waals surface area contributed by atoms with Crippen molar-refractivity contribution >= 4 is 28.9 Å². The number of anilines is 1. The highest BCUT2D eigenvalue weighted by Crippen LogP contribution is 2.30. The van der Waals surface area contributed by atoms with Crippen LogP contribution in [0.5, 0.6) is 0 Å². The molecule has 0 saturated carbocycles. The van der Waals surface area contributed by atoms with Gasteiger partial charge in [0.15, 0.2) is 0 Å². The van der Waals surface area contributed by atoms with Crippen LogP contribution in [0.3, 0.4) is 0 Å². The summed E-state index contributed by atoms with van der Waals surface area (Å²) in [6.07, 6.45) is -4.27. The molecule has 14 heavy (non-hydrogen) atoms. The van der Waals surface area contributed by atoms with E-state index in [0.717, 1.165) is 0 Å². The molecule has 6 heteroatoms. The topological polar surface area (TPSA) is 12.0 Å². The molecule has 0 heterocycles. The minimum atomic E-state index is -4.27. The number of halogens is 5. The molecule has 0 amide bonds. The largest absolute Gasteiger partial charge is 0.405 e. The molecule has 0 aliphatic rings. The van der Waals surface area contributed by atoms with Crippen LogP contribution in [0.2, 0.25) is 10.0 Å². The first-order valence-corrected chi connectivity index (χ1v) is 4.40. The molecule has 0 bridgehead atoms. The third-order valence-corrected chi connectivity index (χ3v) is 2.25. The molecule has 0 aromatic heterocycles. The van der Waals surface area contributed by atoms with Gasteiger partial charge in [0.2, 0.25) is 0 Å². The fraction of sp³-hybridized carbons (Fsp3) is 0.250. The first-order valence-electron chi connectivity index (χ1n) is 3.65. The first kappa shape index (κ1) is 11.5. The average Bonchev–Trinajstić information content (AvgIpc) is 2.06. The van der Waals surface area contributed by atoms with Crippen LogP contribution in [-0.4, -0.2) is 12.7 Å². The molecule has 0 aliphatic heterocycles. The van der Waals surface area contributed by atoms with Crippen molar-refractivity contribution in [2.75, 3.05) is 11.9 Å². The Balaban J connectivity index is 2.73. The van der Waals surface area contributed by atoms with E-state index < -0.39 is 12.7 Å². The number of nitrogens with one attached hydrogen (secondary N) is 1. The van der Waals surface area contributed by atoms with E-state index in [1.807, 2.05) is 0 Å². The molecule has 1 nitrogen and oxygen atoms in total. The zero-order valence-electron chi connectivity index (χ0n) is 6.83. The third kappa shape index (κ3) is 3.27. The lowest BCUT2D eigenvalue weighted by Crippen LogP contribution is -2.21. The number of alkyl halides is 3. The van der Waals surface area contributed by atoms with E-state index in [0.29, 0.717) is 0 Å². The second-order valence-corrected chi connectivity index (χ2v) is 3.36. The van der Waals surface area contributed by atoms with Crippen LogP contribution in [0.15, 0.2) is 18.2 Å². The maximum Gasteiger partial charge on any atom is 0.405 e. The van der Waals surface area contributed by atoms with Crippen molar-refractivity contribution in [2.24, 2.45) is 0 Å². The Labute approximate surface area is 88.8 Å². The summed E-state index contributed by atoms with van der Waals surface area (Å²) in [5.41, 5.74) is 0.177. The Morgan fingerprint density at radius 1 is 1.21 bits per heavy atom. The summed E-state index contributed by atoms with van der Waals surface area (Å²) < 4.78 is 35.5. The van der Waals surface area contributed by atoms with Gasteiger partial charge in [-0.05, 0) is 12.1 Å². The highest BCUT2D eigenvalue weighted by Gasteiger charge is 2.26. The summed E-state index contributed by atoms with van der Waals surface area (Å²) in [5, 5.41) is 2.47. The molecule has 1 aromatic carbocycles. The first-order chi connectivity index (χ1) is 6.40. The van der Waals surface area contributed by atoms with Gasteiger partial charge in [-0.3, -0.25) is 0 Å². The molecule has 1 aromatic rings. The minimum Gasteiger partial charge on any atom is -0.375 e. The highest BCUT2D eigenvalue weighted by atomic mass is 35.5. The molecule has 0 atom stereocenters. The number of rotatable bonds is 2. The molecule has 78 valence electrons. The van der Waals surface area contributed by atoms with Crippen molar-refractivity contribution in [3.63, 3.8) is 0 Å². The van der Waals surface area contributed by atoms with Crippen LogP contribution < -0.4 is 5.32 Å². The quantitative estimate of drug-likeness (QED) is 0.829. The van der Waals surface area contributed by atoms with Gasteiger partial charge < -0.3 is 5.32 Å². The normalized spacial score (nSPS) is 11.5. The summed E-state index contributed by atoms with van der Waals surface area (Å²) in [7, 11) is 0. The second-order valence-electron chi connectivity index (χ2n) is 2.57. The zero-order valence-corrected chi connectivity index (χ0v) is 8.34. The molecule has 0 aliphatic carbocycles. The number of hydrogen-bond acceptors (Lipinski definition) is 1. The lowest BCUT2D eigenvalue weighted by Gasteiger charge is -2.11. The standard InChI is InChI=1S/C8H6Cl2F3N/c9-5-2-1-3-6(7(5)10)14-4-8(11,12)13/h1-3,14H,4H2. The van der Waals surface area contributed by atoms with Gasteiger partial charge in [-0.15, -0.1) is 0 Å². The maximum atomic E-state index is 11.8. The minimum absolute atomic E-state index is 0.0958. The van der Waals surface area contributed by atoms with E-state index in [4.69, 9.17) is 23.2 Å². The van der Waals surface area contributed by atoms with Gasteiger partial charge in [0.05, 0.1) is 15.7 Å². The number of benzene rings is 1. The van der Waals surface area contributed by atoms with Gasteiger partial charge in [-0.2, -0.15) is 13.2 Å². The van der Waals surface area contributed by atoms with Crippen LogP contribution in [0.1, 0.15) is 0 Å². The van der Waals surface area contributed by atoms with Crippen molar-refractivity contribution in [1.29, 1.82) is 0 Å². The monoisotopic (exact) mass is 243 g/mol. The fourth-order valence-corrected chi connectivity index (χ4v) is 1.20. The Bertz CT molecular complexity index is 325. The Morgan fingerprint density at radius 2 is 1.86 bits per heavy atom.